The minimum absolute atomic E-state index is 0.591. The molecule has 0 aromatic carbocycles. The minimum atomic E-state index is 0.591. The van der Waals surface area contributed by atoms with E-state index in [2.05, 4.69) is 37.4 Å². The molecule has 0 saturated heterocycles. The van der Waals surface area contributed by atoms with Crippen molar-refractivity contribution in [2.45, 2.75) is 19.9 Å². The molecule has 0 saturated carbocycles. The van der Waals surface area contributed by atoms with Crippen LogP contribution in [0.2, 0.25) is 0 Å². The van der Waals surface area contributed by atoms with Crippen molar-refractivity contribution in [3.63, 3.8) is 0 Å². The summed E-state index contributed by atoms with van der Waals surface area (Å²) in [6.45, 7) is 3.62. The molecule has 0 amide bonds. The first-order valence-electron chi connectivity index (χ1n) is 8.48. The van der Waals surface area contributed by atoms with E-state index in [1.165, 1.54) is 5.56 Å². The molecular weight excluding hydrogens is 326 g/mol. The number of hydrogen-bond donors (Lipinski definition) is 1. The van der Waals surface area contributed by atoms with E-state index in [4.69, 9.17) is 5.26 Å². The van der Waals surface area contributed by atoms with Gasteiger partial charge in [-0.2, -0.15) is 10.4 Å². The highest BCUT2D eigenvalue weighted by Crippen LogP contribution is 2.27. The van der Waals surface area contributed by atoms with Crippen LogP contribution in [0.1, 0.15) is 22.4 Å². The number of pyridine rings is 2. The first-order valence-corrected chi connectivity index (χ1v) is 8.48. The summed E-state index contributed by atoms with van der Waals surface area (Å²) in [6, 6.07) is 8.09. The second-order valence-electron chi connectivity index (χ2n) is 6.44. The van der Waals surface area contributed by atoms with Crippen LogP contribution in [0.15, 0.2) is 36.8 Å². The third kappa shape index (κ3) is 2.97. The van der Waals surface area contributed by atoms with Gasteiger partial charge in [-0.15, -0.1) is 0 Å². The molecule has 130 valence electrons. The number of hydrogen-bond acceptors (Lipinski definition) is 6. The molecule has 1 aliphatic heterocycles. The lowest BCUT2D eigenvalue weighted by atomic mass is 10.0. The third-order valence-electron chi connectivity index (χ3n) is 4.61. The Morgan fingerprint density at radius 2 is 2.12 bits per heavy atom. The Balaban J connectivity index is 1.59. The smallest absolute Gasteiger partial charge is 0.131 e. The second kappa shape index (κ2) is 6.48. The quantitative estimate of drug-likeness (QED) is 0.786. The zero-order valence-corrected chi connectivity index (χ0v) is 14.8. The van der Waals surface area contributed by atoms with E-state index >= 15 is 0 Å². The highest BCUT2D eigenvalue weighted by molar-refractivity contribution is 5.58. The normalized spacial score (nSPS) is 13.2. The average molecular weight is 345 g/mol. The van der Waals surface area contributed by atoms with Crippen LogP contribution < -0.4 is 10.2 Å². The van der Waals surface area contributed by atoms with Crippen molar-refractivity contribution in [3.8, 4) is 6.07 Å². The lowest BCUT2D eigenvalue weighted by Crippen LogP contribution is -2.32. The van der Waals surface area contributed by atoms with E-state index in [1.807, 2.05) is 32.3 Å². The first kappa shape index (κ1) is 16.1. The first-order chi connectivity index (χ1) is 12.6. The van der Waals surface area contributed by atoms with Gasteiger partial charge in [-0.25, -0.2) is 4.98 Å². The number of aromatic nitrogens is 4. The topological polar surface area (TPSA) is 82.7 Å². The van der Waals surface area contributed by atoms with Gasteiger partial charge in [0.25, 0.3) is 0 Å². The van der Waals surface area contributed by atoms with Gasteiger partial charge in [0.15, 0.2) is 0 Å². The number of anilines is 3. The summed E-state index contributed by atoms with van der Waals surface area (Å²) < 4.78 is 1.79. The van der Waals surface area contributed by atoms with Gasteiger partial charge in [-0.1, -0.05) is 0 Å². The van der Waals surface area contributed by atoms with Crippen molar-refractivity contribution in [1.82, 2.24) is 19.7 Å². The lowest BCUT2D eigenvalue weighted by Gasteiger charge is -2.30. The summed E-state index contributed by atoms with van der Waals surface area (Å²) in [5, 5.41) is 16.5. The van der Waals surface area contributed by atoms with Gasteiger partial charge < -0.3 is 10.2 Å². The van der Waals surface area contributed by atoms with Gasteiger partial charge in [0.1, 0.15) is 17.7 Å². The van der Waals surface area contributed by atoms with E-state index in [0.717, 1.165) is 48.1 Å². The zero-order chi connectivity index (χ0) is 18.1. The maximum absolute atomic E-state index is 9.02. The molecule has 0 radical (unpaired) electrons. The highest BCUT2D eigenvalue weighted by atomic mass is 15.3. The Morgan fingerprint density at radius 1 is 1.23 bits per heavy atom. The van der Waals surface area contributed by atoms with E-state index in [1.54, 1.807) is 17.1 Å². The molecule has 4 rings (SSSR count). The second-order valence-corrected chi connectivity index (χ2v) is 6.44. The van der Waals surface area contributed by atoms with Gasteiger partial charge in [0, 0.05) is 44.5 Å². The van der Waals surface area contributed by atoms with Crippen LogP contribution in [-0.2, 0) is 20.0 Å². The molecule has 0 unspecified atom stereocenters. The number of nitrogens with zero attached hydrogens (tertiary/aromatic N) is 6. The Morgan fingerprint density at radius 3 is 2.85 bits per heavy atom. The molecule has 1 N–H and O–H groups in total. The molecule has 4 heterocycles. The van der Waals surface area contributed by atoms with E-state index in [0.29, 0.717) is 5.56 Å². The highest BCUT2D eigenvalue weighted by Gasteiger charge is 2.20. The van der Waals surface area contributed by atoms with Crippen molar-refractivity contribution in [3.05, 3.63) is 59.2 Å². The van der Waals surface area contributed by atoms with Crippen LogP contribution in [0.5, 0.6) is 0 Å². The Kier molecular flexibility index (Phi) is 4.01. The summed E-state index contributed by atoms with van der Waals surface area (Å²) in [4.78, 5) is 11.4. The fourth-order valence-corrected chi connectivity index (χ4v) is 3.28. The molecule has 3 aromatic heterocycles. The molecule has 0 atom stereocenters. The molecular formula is C19H19N7. The molecule has 0 fully saturated rings. The molecule has 3 aromatic rings. The standard InChI is InChI=1S/C19H19N7/c1-13-7-14(9-20)10-22-19(13)26-6-4-17-15(12-26)8-16(11-21-17)24-18-3-5-23-25(18)2/h3,5,7-8,10-11,24H,4,6,12H2,1-2H3. The Labute approximate surface area is 151 Å². The van der Waals surface area contributed by atoms with Crippen LogP contribution >= 0.6 is 0 Å². The maximum Gasteiger partial charge on any atom is 0.131 e. The van der Waals surface area contributed by atoms with Crippen molar-refractivity contribution in [2.75, 3.05) is 16.8 Å². The van der Waals surface area contributed by atoms with Crippen molar-refractivity contribution < 1.29 is 0 Å². The molecule has 1 aliphatic rings. The fourth-order valence-electron chi connectivity index (χ4n) is 3.28. The SMILES string of the molecule is Cc1cc(C#N)cnc1N1CCc2ncc(Nc3ccnn3C)cc2C1. The van der Waals surface area contributed by atoms with Crippen molar-refractivity contribution >= 4 is 17.3 Å². The van der Waals surface area contributed by atoms with Crippen LogP contribution in [-0.4, -0.2) is 26.3 Å². The zero-order valence-electron chi connectivity index (χ0n) is 14.8. The molecule has 0 bridgehead atoms. The van der Waals surface area contributed by atoms with Gasteiger partial charge in [0.05, 0.1) is 23.6 Å². The van der Waals surface area contributed by atoms with E-state index < -0.39 is 0 Å². The molecule has 0 spiro atoms. The predicted molar refractivity (Wildman–Crippen MR) is 99.2 cm³/mol. The van der Waals surface area contributed by atoms with Crippen LogP contribution in [0.4, 0.5) is 17.3 Å². The van der Waals surface area contributed by atoms with Gasteiger partial charge in [-0.3, -0.25) is 9.67 Å². The number of nitrogens with one attached hydrogen (secondary N) is 1. The summed E-state index contributed by atoms with van der Waals surface area (Å²) in [5.41, 5.74) is 4.87. The molecule has 7 nitrogen and oxygen atoms in total. The molecule has 26 heavy (non-hydrogen) atoms. The maximum atomic E-state index is 9.02. The Hall–Kier alpha value is -3.40. The largest absolute Gasteiger partial charge is 0.352 e. The predicted octanol–water partition coefficient (Wildman–Crippen LogP) is 2.70. The summed E-state index contributed by atoms with van der Waals surface area (Å²) in [5.74, 6) is 1.85. The van der Waals surface area contributed by atoms with Crippen LogP contribution in [0, 0.1) is 18.3 Å². The monoisotopic (exact) mass is 345 g/mol. The number of rotatable bonds is 3. The van der Waals surface area contributed by atoms with Gasteiger partial charge in [-0.05, 0) is 30.2 Å². The average Bonchev–Trinajstić information content (AvgIpc) is 3.05. The summed E-state index contributed by atoms with van der Waals surface area (Å²) in [7, 11) is 1.90. The van der Waals surface area contributed by atoms with Gasteiger partial charge >= 0.3 is 0 Å². The summed E-state index contributed by atoms with van der Waals surface area (Å²) >= 11 is 0. The number of nitriles is 1. The van der Waals surface area contributed by atoms with Crippen LogP contribution in [0.3, 0.4) is 0 Å². The number of aryl methyl sites for hydroxylation is 2. The van der Waals surface area contributed by atoms with E-state index in [-0.39, 0.29) is 0 Å². The molecule has 0 aliphatic carbocycles. The summed E-state index contributed by atoms with van der Waals surface area (Å²) in [6.07, 6.45) is 6.14. The van der Waals surface area contributed by atoms with Crippen molar-refractivity contribution in [1.29, 1.82) is 5.26 Å². The minimum Gasteiger partial charge on any atom is -0.352 e. The van der Waals surface area contributed by atoms with Gasteiger partial charge in [0.2, 0.25) is 0 Å². The van der Waals surface area contributed by atoms with Crippen LogP contribution in [0.25, 0.3) is 0 Å². The molecule has 7 heteroatoms. The number of fused-ring (bicyclic) bond motifs is 1. The lowest BCUT2D eigenvalue weighted by molar-refractivity contribution is 0.701. The third-order valence-corrected chi connectivity index (χ3v) is 4.61. The van der Waals surface area contributed by atoms with Crippen molar-refractivity contribution in [2.24, 2.45) is 7.05 Å². The van der Waals surface area contributed by atoms with E-state index in [9.17, 15) is 0 Å². The Bertz CT molecular complexity index is 999. The fraction of sp³-hybridized carbons (Fsp3) is 0.263.